The van der Waals surface area contributed by atoms with Crippen molar-refractivity contribution >= 4 is 29.8 Å². The highest BCUT2D eigenvalue weighted by Crippen LogP contribution is 2.17. The van der Waals surface area contributed by atoms with E-state index in [1.807, 2.05) is 43.5 Å². The molecule has 0 aliphatic rings. The molecular weight excluding hydrogens is 302 g/mol. The summed E-state index contributed by atoms with van der Waals surface area (Å²) in [7, 11) is 0. The Morgan fingerprint density at radius 2 is 2.05 bits per heavy atom. The molecule has 7 heteroatoms. The van der Waals surface area contributed by atoms with E-state index >= 15 is 0 Å². The van der Waals surface area contributed by atoms with Gasteiger partial charge in [-0.15, -0.1) is 11.3 Å². The molecule has 0 unspecified atom stereocenters. The number of aromatic nitrogens is 4. The maximum absolute atomic E-state index is 5.23. The quantitative estimate of drug-likeness (QED) is 0.594. The first-order valence-electron chi connectivity index (χ1n) is 6.34. The Balaban J connectivity index is 1.99. The Kier molecular flexibility index (Phi) is 3.76. The van der Waals surface area contributed by atoms with Crippen LogP contribution >= 0.6 is 23.6 Å². The Morgan fingerprint density at radius 3 is 2.71 bits per heavy atom. The fourth-order valence-electron chi connectivity index (χ4n) is 1.84. The summed E-state index contributed by atoms with van der Waals surface area (Å²) in [5.74, 6) is 0.684. The van der Waals surface area contributed by atoms with Crippen LogP contribution in [-0.2, 0) is 0 Å². The molecule has 2 heterocycles. The third-order valence-corrected chi connectivity index (χ3v) is 3.96. The molecule has 0 saturated carbocycles. The van der Waals surface area contributed by atoms with Gasteiger partial charge in [0.1, 0.15) is 0 Å². The van der Waals surface area contributed by atoms with E-state index in [0.717, 1.165) is 16.3 Å². The number of H-pyrrole nitrogens is 1. The average Bonchev–Trinajstić information content (AvgIpc) is 3.04. The monoisotopic (exact) mass is 315 g/mol. The third-order valence-electron chi connectivity index (χ3n) is 2.90. The van der Waals surface area contributed by atoms with Gasteiger partial charge in [-0.25, -0.2) is 10.1 Å². The summed E-state index contributed by atoms with van der Waals surface area (Å²) >= 11 is 6.82. The predicted molar refractivity (Wildman–Crippen MR) is 87.4 cm³/mol. The van der Waals surface area contributed by atoms with Crippen molar-refractivity contribution in [1.82, 2.24) is 19.9 Å². The second-order valence-electron chi connectivity index (χ2n) is 4.57. The van der Waals surface area contributed by atoms with Gasteiger partial charge < -0.3 is 0 Å². The summed E-state index contributed by atoms with van der Waals surface area (Å²) in [4.78, 5) is 4.35. The summed E-state index contributed by atoms with van der Waals surface area (Å²) in [5, 5.41) is 14.4. The van der Waals surface area contributed by atoms with Crippen LogP contribution in [-0.4, -0.2) is 26.1 Å². The molecule has 0 aliphatic carbocycles. The van der Waals surface area contributed by atoms with E-state index in [4.69, 9.17) is 12.2 Å². The van der Waals surface area contributed by atoms with Crippen molar-refractivity contribution < 1.29 is 0 Å². The van der Waals surface area contributed by atoms with Gasteiger partial charge in [-0.1, -0.05) is 29.8 Å². The second kappa shape index (κ2) is 5.71. The van der Waals surface area contributed by atoms with Gasteiger partial charge in [-0.2, -0.15) is 14.9 Å². The molecule has 106 valence electrons. The summed E-state index contributed by atoms with van der Waals surface area (Å²) < 4.78 is 2.06. The summed E-state index contributed by atoms with van der Waals surface area (Å²) in [6.07, 6.45) is 1.69. The largest absolute Gasteiger partial charge is 0.250 e. The van der Waals surface area contributed by atoms with Crippen LogP contribution in [0.5, 0.6) is 0 Å². The van der Waals surface area contributed by atoms with E-state index in [0.29, 0.717) is 10.6 Å². The Labute approximate surface area is 131 Å². The number of benzene rings is 1. The molecule has 3 rings (SSSR count). The molecule has 0 amide bonds. The van der Waals surface area contributed by atoms with Crippen molar-refractivity contribution in [3.05, 3.63) is 50.7 Å². The SMILES string of the molecule is Cc1ccc(-c2n[nH]c(=S)n2/N=C\c2csc(C)n2)cc1. The summed E-state index contributed by atoms with van der Waals surface area (Å²) in [6.45, 7) is 4.01. The third kappa shape index (κ3) is 2.98. The lowest BCUT2D eigenvalue weighted by atomic mass is 10.1. The molecule has 1 aromatic carbocycles. The Bertz CT molecular complexity index is 839. The zero-order valence-corrected chi connectivity index (χ0v) is 13.2. The minimum absolute atomic E-state index is 0.453. The number of nitrogens with one attached hydrogen (secondary N) is 1. The van der Waals surface area contributed by atoms with Gasteiger partial charge in [0.05, 0.1) is 16.9 Å². The van der Waals surface area contributed by atoms with Crippen molar-refractivity contribution in [2.75, 3.05) is 0 Å². The fraction of sp³-hybridized carbons (Fsp3) is 0.143. The molecule has 0 aliphatic heterocycles. The first-order valence-corrected chi connectivity index (χ1v) is 7.63. The van der Waals surface area contributed by atoms with Crippen molar-refractivity contribution in [3.8, 4) is 11.4 Å². The van der Waals surface area contributed by atoms with Gasteiger partial charge in [0, 0.05) is 10.9 Å². The Hall–Kier alpha value is -2.12. The fourth-order valence-corrected chi connectivity index (χ4v) is 2.59. The molecule has 2 aromatic heterocycles. The first kappa shape index (κ1) is 13.8. The topological polar surface area (TPSA) is 58.9 Å². The lowest BCUT2D eigenvalue weighted by Crippen LogP contribution is -1.95. The van der Waals surface area contributed by atoms with E-state index in [-0.39, 0.29) is 0 Å². The van der Waals surface area contributed by atoms with Crippen LogP contribution in [0.3, 0.4) is 0 Å². The maximum Gasteiger partial charge on any atom is 0.216 e. The first-order chi connectivity index (χ1) is 10.1. The van der Waals surface area contributed by atoms with Crippen LogP contribution in [0, 0.1) is 18.6 Å². The minimum Gasteiger partial charge on any atom is -0.250 e. The van der Waals surface area contributed by atoms with Gasteiger partial charge in [0.15, 0.2) is 5.82 Å². The molecule has 5 nitrogen and oxygen atoms in total. The highest BCUT2D eigenvalue weighted by molar-refractivity contribution is 7.71. The summed E-state index contributed by atoms with van der Waals surface area (Å²) in [6, 6.07) is 8.06. The number of aryl methyl sites for hydroxylation is 2. The van der Waals surface area contributed by atoms with Gasteiger partial charge in [-0.05, 0) is 26.1 Å². The van der Waals surface area contributed by atoms with Gasteiger partial charge >= 0.3 is 0 Å². The van der Waals surface area contributed by atoms with Crippen LogP contribution in [0.15, 0.2) is 34.7 Å². The highest BCUT2D eigenvalue weighted by Gasteiger charge is 2.07. The average molecular weight is 315 g/mol. The molecule has 0 atom stereocenters. The van der Waals surface area contributed by atoms with Crippen LogP contribution in [0.25, 0.3) is 11.4 Å². The molecule has 0 bridgehead atoms. The number of aromatic amines is 1. The Morgan fingerprint density at radius 1 is 1.29 bits per heavy atom. The molecule has 0 saturated heterocycles. The van der Waals surface area contributed by atoms with Crippen molar-refractivity contribution in [3.63, 3.8) is 0 Å². The van der Waals surface area contributed by atoms with Gasteiger partial charge in [-0.3, -0.25) is 0 Å². The number of rotatable bonds is 3. The molecule has 0 fully saturated rings. The minimum atomic E-state index is 0.453. The van der Waals surface area contributed by atoms with E-state index in [2.05, 4.69) is 20.3 Å². The van der Waals surface area contributed by atoms with Crippen LogP contribution in [0.4, 0.5) is 0 Å². The standard InChI is InChI=1S/C14H13N5S2/c1-9-3-5-11(6-4-9)13-17-18-14(20)19(13)15-7-12-8-21-10(2)16-12/h3-8H,1-2H3,(H,18,20)/b15-7-. The van der Waals surface area contributed by atoms with Gasteiger partial charge in [0.2, 0.25) is 4.77 Å². The molecule has 0 radical (unpaired) electrons. The second-order valence-corrected chi connectivity index (χ2v) is 6.02. The maximum atomic E-state index is 5.23. The number of hydrogen-bond acceptors (Lipinski definition) is 5. The summed E-state index contributed by atoms with van der Waals surface area (Å²) in [5.41, 5.74) is 2.97. The highest BCUT2D eigenvalue weighted by atomic mass is 32.1. The van der Waals surface area contributed by atoms with E-state index in [1.165, 1.54) is 5.56 Å². The number of nitrogens with zero attached hydrogens (tertiary/aromatic N) is 4. The van der Waals surface area contributed by atoms with Crippen LogP contribution < -0.4 is 0 Å². The van der Waals surface area contributed by atoms with Crippen molar-refractivity contribution in [1.29, 1.82) is 0 Å². The smallest absolute Gasteiger partial charge is 0.216 e. The number of thiazole rings is 1. The molecule has 3 aromatic rings. The lowest BCUT2D eigenvalue weighted by Gasteiger charge is -2.01. The molecule has 0 spiro atoms. The normalized spacial score (nSPS) is 11.3. The van der Waals surface area contributed by atoms with Crippen molar-refractivity contribution in [2.45, 2.75) is 13.8 Å². The van der Waals surface area contributed by atoms with Gasteiger partial charge in [0.25, 0.3) is 0 Å². The molecule has 1 N–H and O–H groups in total. The molecule has 21 heavy (non-hydrogen) atoms. The van der Waals surface area contributed by atoms with Crippen molar-refractivity contribution in [2.24, 2.45) is 5.10 Å². The number of hydrogen-bond donors (Lipinski definition) is 1. The van der Waals surface area contributed by atoms with Crippen LogP contribution in [0.2, 0.25) is 0 Å². The van der Waals surface area contributed by atoms with Crippen LogP contribution in [0.1, 0.15) is 16.3 Å². The molecular formula is C14H13N5S2. The zero-order chi connectivity index (χ0) is 14.8. The predicted octanol–water partition coefficient (Wildman–Crippen LogP) is 3.56. The van der Waals surface area contributed by atoms with E-state index in [1.54, 1.807) is 22.2 Å². The van der Waals surface area contributed by atoms with E-state index in [9.17, 15) is 0 Å². The lowest BCUT2D eigenvalue weighted by molar-refractivity contribution is 0.870. The van der Waals surface area contributed by atoms with E-state index < -0.39 is 0 Å². The zero-order valence-electron chi connectivity index (χ0n) is 11.6.